The third kappa shape index (κ3) is 13.3. The minimum atomic E-state index is -4.53. The van der Waals surface area contributed by atoms with Crippen molar-refractivity contribution in [3.8, 4) is 45.6 Å². The van der Waals surface area contributed by atoms with E-state index in [1.807, 2.05) is 0 Å². The Bertz CT molecular complexity index is 2950. The van der Waals surface area contributed by atoms with Crippen LogP contribution in [0.15, 0.2) is 127 Å². The van der Waals surface area contributed by atoms with Crippen molar-refractivity contribution in [1.82, 2.24) is 0 Å². The second-order valence-corrected chi connectivity index (χ2v) is 14.9. The molecule has 0 bridgehead atoms. The topological polar surface area (TPSA) is 176 Å². The van der Waals surface area contributed by atoms with Crippen LogP contribution < -0.4 is 39.9 Å². The van der Waals surface area contributed by atoms with Crippen molar-refractivity contribution >= 4 is 47.0 Å². The van der Waals surface area contributed by atoms with Crippen molar-refractivity contribution in [3.63, 3.8) is 0 Å². The first-order valence-corrected chi connectivity index (χ1v) is 20.4. The molecule has 0 unspecified atom stereocenters. The standard InChI is InChI=1S/C51H40F6N2O10/c1-29-40(59)19-18-38(47(29)42(61)21-5-31-7-23-44(46(25-31)65-3)69-49(63)33-10-15-36(16-11-33)67-28-51(55,56)57)37-17-12-34(58)26-39(37)41(60)20-4-30-6-22-43(45(24-30)64-2)68-48(62)32-8-13-35(14-9-32)66-27-50(52,53)54/h4-26H,27-28,58-59H2,1-3H3/b20-4+,21-5+. The predicted molar refractivity (Wildman–Crippen MR) is 244 cm³/mol. The van der Waals surface area contributed by atoms with Crippen LogP contribution in [-0.4, -0.2) is 63.3 Å². The van der Waals surface area contributed by atoms with Crippen LogP contribution in [0.1, 0.15) is 58.1 Å². The van der Waals surface area contributed by atoms with E-state index in [2.05, 4.69) is 9.47 Å². The van der Waals surface area contributed by atoms with Crippen LogP contribution in [0.2, 0.25) is 0 Å². The summed E-state index contributed by atoms with van der Waals surface area (Å²) in [5.74, 6) is -2.49. The molecule has 0 fully saturated rings. The molecule has 0 spiro atoms. The molecule has 4 N–H and O–H groups in total. The molecule has 0 aliphatic carbocycles. The summed E-state index contributed by atoms with van der Waals surface area (Å²) in [5, 5.41) is 0. The number of nitrogen functional groups attached to an aromatic ring is 2. The molecule has 0 saturated carbocycles. The number of ether oxygens (including phenoxy) is 6. The van der Waals surface area contributed by atoms with Gasteiger partial charge in [-0.3, -0.25) is 9.59 Å². The van der Waals surface area contributed by atoms with Crippen LogP contribution >= 0.6 is 0 Å². The predicted octanol–water partition coefficient (Wildman–Crippen LogP) is 11.0. The number of rotatable bonds is 17. The molecule has 69 heavy (non-hydrogen) atoms. The molecule has 0 atom stereocenters. The molecule has 6 aromatic rings. The van der Waals surface area contributed by atoms with Crippen molar-refractivity contribution in [2.45, 2.75) is 19.3 Å². The summed E-state index contributed by atoms with van der Waals surface area (Å²) in [5.41, 5.74) is 15.5. The lowest BCUT2D eigenvalue weighted by Crippen LogP contribution is -2.19. The lowest BCUT2D eigenvalue weighted by Gasteiger charge is -2.16. The van der Waals surface area contributed by atoms with Gasteiger partial charge in [-0.05, 0) is 138 Å². The number of esters is 2. The number of benzene rings is 6. The number of carbonyl (C=O) groups is 4. The van der Waals surface area contributed by atoms with Gasteiger partial charge in [-0.25, -0.2) is 9.59 Å². The van der Waals surface area contributed by atoms with Crippen LogP contribution in [0, 0.1) is 6.92 Å². The molecule has 18 heteroatoms. The van der Waals surface area contributed by atoms with E-state index >= 15 is 0 Å². The van der Waals surface area contributed by atoms with Gasteiger partial charge in [-0.2, -0.15) is 26.3 Å². The van der Waals surface area contributed by atoms with Gasteiger partial charge in [0, 0.05) is 22.5 Å². The Labute approximate surface area is 390 Å². The average molecular weight is 955 g/mol. The Balaban J connectivity index is 1.18. The van der Waals surface area contributed by atoms with Gasteiger partial charge in [0.1, 0.15) is 11.5 Å². The van der Waals surface area contributed by atoms with Gasteiger partial charge in [0.05, 0.1) is 25.3 Å². The number of halogens is 6. The lowest BCUT2D eigenvalue weighted by atomic mass is 9.88. The van der Waals surface area contributed by atoms with E-state index in [9.17, 15) is 45.5 Å². The summed E-state index contributed by atoms with van der Waals surface area (Å²) < 4.78 is 106. The van der Waals surface area contributed by atoms with Crippen molar-refractivity contribution in [3.05, 3.63) is 166 Å². The molecule has 0 radical (unpaired) electrons. The van der Waals surface area contributed by atoms with Crippen LogP contribution in [0.3, 0.4) is 0 Å². The fourth-order valence-corrected chi connectivity index (χ4v) is 6.55. The number of ketones is 2. The zero-order chi connectivity index (χ0) is 50.0. The highest BCUT2D eigenvalue weighted by Gasteiger charge is 2.29. The maximum atomic E-state index is 14.1. The maximum Gasteiger partial charge on any atom is 0.422 e. The molecule has 0 amide bonds. The van der Waals surface area contributed by atoms with Crippen LogP contribution in [0.5, 0.6) is 34.5 Å². The Kier molecular flexibility index (Phi) is 15.5. The van der Waals surface area contributed by atoms with Crippen LogP contribution in [0.25, 0.3) is 23.3 Å². The number of anilines is 2. The second kappa shape index (κ2) is 21.4. The van der Waals surface area contributed by atoms with Gasteiger partial charge < -0.3 is 39.9 Å². The van der Waals surface area contributed by atoms with Crippen molar-refractivity contribution in [2.24, 2.45) is 0 Å². The Hall–Kier alpha value is -8.54. The molecule has 6 rings (SSSR count). The first-order valence-electron chi connectivity index (χ1n) is 20.4. The molecule has 0 saturated heterocycles. The molecule has 0 heterocycles. The molecule has 0 aliphatic rings. The third-order valence-electron chi connectivity index (χ3n) is 9.97. The first-order chi connectivity index (χ1) is 32.7. The van der Waals surface area contributed by atoms with Crippen LogP contribution in [-0.2, 0) is 0 Å². The van der Waals surface area contributed by atoms with E-state index in [4.69, 9.17) is 30.4 Å². The van der Waals surface area contributed by atoms with Crippen LogP contribution in [0.4, 0.5) is 37.7 Å². The Morgan fingerprint density at radius 2 is 0.986 bits per heavy atom. The highest BCUT2D eigenvalue weighted by atomic mass is 19.4. The summed E-state index contributed by atoms with van der Waals surface area (Å²) in [6.45, 7) is -1.32. The summed E-state index contributed by atoms with van der Waals surface area (Å²) in [6.07, 6.45) is -3.48. The number of hydrogen-bond donors (Lipinski definition) is 2. The van der Waals surface area contributed by atoms with E-state index in [1.165, 1.54) is 117 Å². The minimum absolute atomic E-state index is 0.0223. The van der Waals surface area contributed by atoms with E-state index < -0.39 is 49.1 Å². The molecule has 12 nitrogen and oxygen atoms in total. The molecule has 0 aromatic heterocycles. The van der Waals surface area contributed by atoms with E-state index in [-0.39, 0.29) is 62.4 Å². The largest absolute Gasteiger partial charge is 0.493 e. The van der Waals surface area contributed by atoms with Crippen molar-refractivity contribution in [2.75, 3.05) is 38.9 Å². The Morgan fingerprint density at radius 1 is 0.536 bits per heavy atom. The first kappa shape index (κ1) is 49.9. The van der Waals surface area contributed by atoms with E-state index in [1.54, 1.807) is 43.3 Å². The van der Waals surface area contributed by atoms with Gasteiger partial charge in [-0.15, -0.1) is 0 Å². The highest BCUT2D eigenvalue weighted by Crippen LogP contribution is 2.36. The third-order valence-corrected chi connectivity index (χ3v) is 9.97. The molecule has 0 aliphatic heterocycles. The van der Waals surface area contributed by atoms with E-state index in [0.717, 1.165) is 0 Å². The molecular weight excluding hydrogens is 915 g/mol. The summed E-state index contributed by atoms with van der Waals surface area (Å²) >= 11 is 0. The summed E-state index contributed by atoms with van der Waals surface area (Å²) in [7, 11) is 2.68. The number of hydrogen-bond acceptors (Lipinski definition) is 12. The number of alkyl halides is 6. The second-order valence-electron chi connectivity index (χ2n) is 14.9. The van der Waals surface area contributed by atoms with E-state index in [0.29, 0.717) is 33.5 Å². The number of methoxy groups -OCH3 is 2. The fourth-order valence-electron chi connectivity index (χ4n) is 6.55. The summed E-state index contributed by atoms with van der Waals surface area (Å²) in [4.78, 5) is 53.7. The number of allylic oxidation sites excluding steroid dienone is 2. The monoisotopic (exact) mass is 954 g/mol. The van der Waals surface area contributed by atoms with Gasteiger partial charge in [-0.1, -0.05) is 36.4 Å². The summed E-state index contributed by atoms with van der Waals surface area (Å²) in [6, 6.07) is 26.7. The smallest absolute Gasteiger partial charge is 0.422 e. The van der Waals surface area contributed by atoms with Gasteiger partial charge >= 0.3 is 24.3 Å². The fraction of sp³-hybridized carbons (Fsp3) is 0.137. The minimum Gasteiger partial charge on any atom is -0.493 e. The zero-order valence-electron chi connectivity index (χ0n) is 36.7. The highest BCUT2D eigenvalue weighted by molar-refractivity contribution is 6.16. The average Bonchev–Trinajstić information content (AvgIpc) is 3.32. The molecular formula is C51H40F6N2O10. The SMILES string of the molecule is COc1cc(/C=C/C(=O)c2cc(N)ccc2-c2ccc(N)c(C)c2C(=O)/C=C/c2ccc(OC(=O)c3ccc(OCC(F)(F)F)cc3)c(OC)c2)ccc1OC(=O)c1ccc(OCC(F)(F)F)cc1. The molecule has 356 valence electrons. The Morgan fingerprint density at radius 3 is 1.43 bits per heavy atom. The van der Waals surface area contributed by atoms with Gasteiger partial charge in [0.25, 0.3) is 0 Å². The molecule has 6 aromatic carbocycles. The normalized spacial score (nSPS) is 11.6. The number of carbonyl (C=O) groups excluding carboxylic acids is 4. The van der Waals surface area contributed by atoms with Crippen molar-refractivity contribution in [1.29, 1.82) is 0 Å². The quantitative estimate of drug-likeness (QED) is 0.0221. The number of nitrogens with two attached hydrogens (primary N) is 2. The lowest BCUT2D eigenvalue weighted by molar-refractivity contribution is -0.154. The van der Waals surface area contributed by atoms with Gasteiger partial charge in [0.2, 0.25) is 0 Å². The zero-order valence-corrected chi connectivity index (χ0v) is 36.7. The van der Waals surface area contributed by atoms with Crippen molar-refractivity contribution < 1.29 is 73.9 Å². The van der Waals surface area contributed by atoms with Gasteiger partial charge in [0.15, 0.2) is 47.8 Å². The maximum absolute atomic E-state index is 14.1.